The third-order valence-corrected chi connectivity index (χ3v) is 3.33. The Labute approximate surface area is 102 Å². The Morgan fingerprint density at radius 1 is 1.59 bits per heavy atom. The van der Waals surface area contributed by atoms with Crippen LogP contribution in [-0.2, 0) is 11.3 Å². The Morgan fingerprint density at radius 3 is 3.18 bits per heavy atom. The van der Waals surface area contributed by atoms with Gasteiger partial charge in [0.1, 0.15) is 0 Å². The molecule has 0 aromatic carbocycles. The van der Waals surface area contributed by atoms with E-state index in [0.717, 1.165) is 26.1 Å². The highest BCUT2D eigenvalue weighted by atomic mass is 16.2. The second kappa shape index (κ2) is 5.82. The van der Waals surface area contributed by atoms with Gasteiger partial charge in [-0.1, -0.05) is 0 Å². The molecule has 5 nitrogen and oxygen atoms in total. The van der Waals surface area contributed by atoms with Crippen LogP contribution in [-0.4, -0.2) is 46.5 Å². The third-order valence-electron chi connectivity index (χ3n) is 3.33. The van der Waals surface area contributed by atoms with E-state index in [-0.39, 0.29) is 5.91 Å². The van der Waals surface area contributed by atoms with E-state index in [1.807, 2.05) is 22.7 Å². The van der Waals surface area contributed by atoms with Crippen LogP contribution in [0.3, 0.4) is 0 Å². The molecule has 0 spiro atoms. The summed E-state index contributed by atoms with van der Waals surface area (Å²) in [6.07, 6.45) is 8.21. The van der Waals surface area contributed by atoms with Crippen LogP contribution in [0.15, 0.2) is 18.7 Å². The molecule has 2 rings (SSSR count). The Balaban J connectivity index is 1.79. The lowest BCUT2D eigenvalue weighted by Crippen LogP contribution is -2.47. The van der Waals surface area contributed by atoms with E-state index in [1.54, 1.807) is 12.5 Å². The standard InChI is InChI=1S/C12H20N4O/c1-13-11-3-2-6-16(9-11)12(17)4-7-15-8-5-14-10-15/h5,8,10-11,13H,2-4,6-7,9H2,1H3. The molecule has 1 aliphatic rings. The van der Waals surface area contributed by atoms with Crippen LogP contribution in [0.1, 0.15) is 19.3 Å². The number of piperidine rings is 1. The maximum absolute atomic E-state index is 12.0. The molecule has 1 unspecified atom stereocenters. The van der Waals surface area contributed by atoms with E-state index in [0.29, 0.717) is 12.5 Å². The monoisotopic (exact) mass is 236 g/mol. The number of likely N-dealkylation sites (tertiary alicyclic amines) is 1. The third kappa shape index (κ3) is 3.30. The first-order chi connectivity index (χ1) is 8.29. The van der Waals surface area contributed by atoms with Gasteiger partial charge in [0.25, 0.3) is 0 Å². The van der Waals surface area contributed by atoms with Gasteiger partial charge in [-0.25, -0.2) is 4.98 Å². The number of hydrogen-bond acceptors (Lipinski definition) is 3. The predicted molar refractivity (Wildman–Crippen MR) is 65.5 cm³/mol. The molecule has 1 amide bonds. The molecule has 1 N–H and O–H groups in total. The average Bonchev–Trinajstić information content (AvgIpc) is 2.89. The van der Waals surface area contributed by atoms with Crippen molar-refractivity contribution >= 4 is 5.91 Å². The van der Waals surface area contributed by atoms with Crippen LogP contribution in [0.5, 0.6) is 0 Å². The first-order valence-corrected chi connectivity index (χ1v) is 6.20. The second-order valence-electron chi connectivity index (χ2n) is 4.52. The minimum absolute atomic E-state index is 0.249. The zero-order valence-electron chi connectivity index (χ0n) is 10.3. The lowest BCUT2D eigenvalue weighted by Gasteiger charge is -2.32. The summed E-state index contributed by atoms with van der Waals surface area (Å²) in [5.74, 6) is 0.249. The smallest absolute Gasteiger partial charge is 0.224 e. The molecule has 94 valence electrons. The molecule has 5 heteroatoms. The largest absolute Gasteiger partial charge is 0.341 e. The molecule has 0 saturated carbocycles. The van der Waals surface area contributed by atoms with Gasteiger partial charge < -0.3 is 14.8 Å². The fraction of sp³-hybridized carbons (Fsp3) is 0.667. The number of nitrogens with zero attached hydrogens (tertiary/aromatic N) is 3. The van der Waals surface area contributed by atoms with Crippen molar-refractivity contribution in [2.75, 3.05) is 20.1 Å². The summed E-state index contributed by atoms with van der Waals surface area (Å²) in [4.78, 5) is 18.0. The van der Waals surface area contributed by atoms with E-state index in [1.165, 1.54) is 6.42 Å². The van der Waals surface area contributed by atoms with Crippen molar-refractivity contribution in [2.45, 2.75) is 31.8 Å². The summed E-state index contributed by atoms with van der Waals surface area (Å²) in [5, 5.41) is 3.25. The van der Waals surface area contributed by atoms with Crippen LogP contribution >= 0.6 is 0 Å². The topological polar surface area (TPSA) is 50.2 Å². The van der Waals surface area contributed by atoms with Crippen LogP contribution in [0, 0.1) is 0 Å². The van der Waals surface area contributed by atoms with Gasteiger partial charge >= 0.3 is 0 Å². The first-order valence-electron chi connectivity index (χ1n) is 6.20. The summed E-state index contributed by atoms with van der Waals surface area (Å²) in [5.41, 5.74) is 0. The Kier molecular flexibility index (Phi) is 4.14. The fourth-order valence-corrected chi connectivity index (χ4v) is 2.24. The van der Waals surface area contributed by atoms with E-state index < -0.39 is 0 Å². The zero-order valence-corrected chi connectivity index (χ0v) is 10.3. The van der Waals surface area contributed by atoms with Gasteiger partial charge in [0.15, 0.2) is 0 Å². The number of nitrogens with one attached hydrogen (secondary N) is 1. The summed E-state index contributed by atoms with van der Waals surface area (Å²) in [7, 11) is 1.96. The van der Waals surface area contributed by atoms with Crippen molar-refractivity contribution in [3.63, 3.8) is 0 Å². The number of aromatic nitrogens is 2. The minimum Gasteiger partial charge on any atom is -0.341 e. The van der Waals surface area contributed by atoms with Crippen LogP contribution < -0.4 is 5.32 Å². The second-order valence-corrected chi connectivity index (χ2v) is 4.52. The van der Waals surface area contributed by atoms with Gasteiger partial charge in [-0.3, -0.25) is 4.79 Å². The number of aryl methyl sites for hydroxylation is 1. The number of amides is 1. The quantitative estimate of drug-likeness (QED) is 0.827. The van der Waals surface area contributed by atoms with E-state index >= 15 is 0 Å². The van der Waals surface area contributed by atoms with Gasteiger partial charge in [0.05, 0.1) is 6.33 Å². The van der Waals surface area contributed by atoms with Crippen molar-refractivity contribution in [3.8, 4) is 0 Å². The molecule has 1 atom stereocenters. The van der Waals surface area contributed by atoms with Gasteiger partial charge in [-0.2, -0.15) is 0 Å². The summed E-state index contributed by atoms with van der Waals surface area (Å²) >= 11 is 0. The molecule has 0 bridgehead atoms. The van der Waals surface area contributed by atoms with E-state index in [9.17, 15) is 4.79 Å². The Bertz CT molecular complexity index is 349. The number of likely N-dealkylation sites (N-methyl/N-ethyl adjacent to an activating group) is 1. The van der Waals surface area contributed by atoms with E-state index in [4.69, 9.17) is 0 Å². The Morgan fingerprint density at radius 2 is 2.47 bits per heavy atom. The number of carbonyl (C=O) groups excluding carboxylic acids is 1. The highest BCUT2D eigenvalue weighted by molar-refractivity contribution is 5.76. The summed E-state index contributed by atoms with van der Waals surface area (Å²) in [6, 6.07) is 0.459. The van der Waals surface area contributed by atoms with Crippen molar-refractivity contribution in [2.24, 2.45) is 0 Å². The molecule has 0 aliphatic carbocycles. The summed E-state index contributed by atoms with van der Waals surface area (Å²) in [6.45, 7) is 2.47. The Hall–Kier alpha value is -1.36. The molecular formula is C12H20N4O. The number of rotatable bonds is 4. The molecule has 1 saturated heterocycles. The average molecular weight is 236 g/mol. The molecule has 1 aliphatic heterocycles. The van der Waals surface area contributed by atoms with Gasteiger partial charge in [0, 0.05) is 44.5 Å². The molecule has 1 fully saturated rings. The minimum atomic E-state index is 0.249. The lowest BCUT2D eigenvalue weighted by molar-refractivity contribution is -0.132. The predicted octanol–water partition coefficient (Wildman–Crippen LogP) is 0.484. The lowest BCUT2D eigenvalue weighted by atomic mass is 10.1. The zero-order chi connectivity index (χ0) is 12.1. The fourth-order valence-electron chi connectivity index (χ4n) is 2.24. The number of hydrogen-bond donors (Lipinski definition) is 1. The maximum Gasteiger partial charge on any atom is 0.224 e. The highest BCUT2D eigenvalue weighted by Gasteiger charge is 2.21. The van der Waals surface area contributed by atoms with Gasteiger partial charge in [-0.15, -0.1) is 0 Å². The SMILES string of the molecule is CNC1CCCN(C(=O)CCn2ccnc2)C1. The van der Waals surface area contributed by atoms with Gasteiger partial charge in [0.2, 0.25) is 5.91 Å². The van der Waals surface area contributed by atoms with Crippen LogP contribution in [0.25, 0.3) is 0 Å². The highest BCUT2D eigenvalue weighted by Crippen LogP contribution is 2.11. The number of imidazole rings is 1. The molecule has 2 heterocycles. The van der Waals surface area contributed by atoms with E-state index in [2.05, 4.69) is 10.3 Å². The van der Waals surface area contributed by atoms with Crippen molar-refractivity contribution < 1.29 is 4.79 Å². The molecule has 0 radical (unpaired) electrons. The summed E-state index contributed by atoms with van der Waals surface area (Å²) < 4.78 is 1.94. The van der Waals surface area contributed by atoms with Crippen molar-refractivity contribution in [3.05, 3.63) is 18.7 Å². The van der Waals surface area contributed by atoms with Crippen LogP contribution in [0.2, 0.25) is 0 Å². The normalized spacial score (nSPS) is 20.5. The van der Waals surface area contributed by atoms with Crippen LogP contribution in [0.4, 0.5) is 0 Å². The molecule has 17 heavy (non-hydrogen) atoms. The van der Waals surface area contributed by atoms with Gasteiger partial charge in [-0.05, 0) is 19.9 Å². The molecular weight excluding hydrogens is 216 g/mol. The first kappa shape index (κ1) is 12.1. The van der Waals surface area contributed by atoms with Crippen molar-refractivity contribution in [1.29, 1.82) is 0 Å². The van der Waals surface area contributed by atoms with Crippen molar-refractivity contribution in [1.82, 2.24) is 19.8 Å². The number of carbonyl (C=O) groups is 1. The molecule has 1 aromatic rings. The molecule has 1 aromatic heterocycles. The maximum atomic E-state index is 12.0.